The van der Waals surface area contributed by atoms with Gasteiger partial charge in [0.25, 0.3) is 0 Å². The number of hydrogen-bond donors (Lipinski definition) is 1. The van der Waals surface area contributed by atoms with Crippen molar-refractivity contribution in [2.24, 2.45) is 11.7 Å². The Morgan fingerprint density at radius 1 is 1.17 bits per heavy atom. The average molecular weight is 253 g/mol. The predicted molar refractivity (Wildman–Crippen MR) is 77.7 cm³/mol. The minimum Gasteiger partial charge on any atom is -0.329 e. The van der Waals surface area contributed by atoms with Crippen molar-refractivity contribution < 1.29 is 0 Å². The lowest BCUT2D eigenvalue weighted by molar-refractivity contribution is -0.000341. The van der Waals surface area contributed by atoms with Crippen LogP contribution in [-0.2, 0) is 0 Å². The van der Waals surface area contributed by atoms with Crippen LogP contribution in [0.3, 0.4) is 0 Å². The summed E-state index contributed by atoms with van der Waals surface area (Å²) < 4.78 is 0. The van der Waals surface area contributed by atoms with Gasteiger partial charge in [0, 0.05) is 18.6 Å². The molecular weight excluding hydrogens is 222 g/mol. The number of piperidine rings is 2. The van der Waals surface area contributed by atoms with E-state index in [2.05, 4.69) is 23.6 Å². The van der Waals surface area contributed by atoms with Gasteiger partial charge in [-0.2, -0.15) is 0 Å². The van der Waals surface area contributed by atoms with Crippen LogP contribution in [0.5, 0.6) is 0 Å². The highest BCUT2D eigenvalue weighted by Crippen LogP contribution is 2.32. The van der Waals surface area contributed by atoms with E-state index in [1.807, 2.05) is 0 Å². The molecule has 0 bridgehead atoms. The lowest BCUT2D eigenvalue weighted by atomic mass is 9.82. The maximum absolute atomic E-state index is 6.18. The van der Waals surface area contributed by atoms with Crippen molar-refractivity contribution in [3.8, 4) is 0 Å². The van der Waals surface area contributed by atoms with Crippen LogP contribution in [0.25, 0.3) is 0 Å². The van der Waals surface area contributed by atoms with E-state index in [-0.39, 0.29) is 0 Å². The van der Waals surface area contributed by atoms with E-state index in [0.29, 0.717) is 5.54 Å². The van der Waals surface area contributed by atoms with Gasteiger partial charge in [-0.25, -0.2) is 0 Å². The van der Waals surface area contributed by atoms with Crippen molar-refractivity contribution in [3.63, 3.8) is 0 Å². The van der Waals surface area contributed by atoms with Crippen molar-refractivity contribution in [1.82, 2.24) is 9.80 Å². The van der Waals surface area contributed by atoms with E-state index in [4.69, 9.17) is 5.73 Å². The molecule has 0 aliphatic carbocycles. The number of hydrogen-bond acceptors (Lipinski definition) is 3. The van der Waals surface area contributed by atoms with Gasteiger partial charge < -0.3 is 10.6 Å². The van der Waals surface area contributed by atoms with Gasteiger partial charge in [-0.1, -0.05) is 20.3 Å². The summed E-state index contributed by atoms with van der Waals surface area (Å²) in [6.07, 6.45) is 6.67. The molecule has 2 rings (SSSR count). The highest BCUT2D eigenvalue weighted by Gasteiger charge is 2.39. The van der Waals surface area contributed by atoms with E-state index in [1.54, 1.807) is 0 Å². The first-order valence-corrected chi connectivity index (χ1v) is 7.91. The van der Waals surface area contributed by atoms with Crippen molar-refractivity contribution >= 4 is 0 Å². The minimum absolute atomic E-state index is 0.319. The van der Waals surface area contributed by atoms with Crippen molar-refractivity contribution in [2.75, 3.05) is 39.3 Å². The summed E-state index contributed by atoms with van der Waals surface area (Å²) in [5.41, 5.74) is 6.50. The van der Waals surface area contributed by atoms with Gasteiger partial charge in [-0.3, -0.25) is 4.90 Å². The lowest BCUT2D eigenvalue weighted by Gasteiger charge is -2.51. The van der Waals surface area contributed by atoms with Gasteiger partial charge in [0.2, 0.25) is 0 Å². The molecule has 0 aromatic rings. The SMILES string of the molecule is CCC1CCCN(C2(CN)CCN(CC)CC2)C1. The molecule has 106 valence electrons. The smallest absolute Gasteiger partial charge is 0.0356 e. The summed E-state index contributed by atoms with van der Waals surface area (Å²) in [6.45, 7) is 11.7. The maximum Gasteiger partial charge on any atom is 0.0356 e. The highest BCUT2D eigenvalue weighted by molar-refractivity contribution is 4.97. The lowest BCUT2D eigenvalue weighted by Crippen LogP contribution is -2.61. The second-order valence-corrected chi connectivity index (χ2v) is 6.23. The molecule has 2 aliphatic heterocycles. The minimum atomic E-state index is 0.319. The van der Waals surface area contributed by atoms with Crippen LogP contribution in [0.1, 0.15) is 46.0 Å². The van der Waals surface area contributed by atoms with Crippen LogP contribution in [-0.4, -0.2) is 54.6 Å². The van der Waals surface area contributed by atoms with Gasteiger partial charge in [0.1, 0.15) is 0 Å². The Bertz CT molecular complexity index is 246. The predicted octanol–water partition coefficient (Wildman–Crippen LogP) is 1.92. The summed E-state index contributed by atoms with van der Waals surface area (Å²) in [5, 5.41) is 0. The molecular formula is C15H31N3. The summed E-state index contributed by atoms with van der Waals surface area (Å²) in [5.74, 6) is 0.909. The van der Waals surface area contributed by atoms with Gasteiger partial charge in [0.05, 0.1) is 0 Å². The van der Waals surface area contributed by atoms with Crippen molar-refractivity contribution in [2.45, 2.75) is 51.5 Å². The molecule has 0 radical (unpaired) electrons. The molecule has 2 aliphatic rings. The molecule has 2 N–H and O–H groups in total. The Morgan fingerprint density at radius 3 is 2.44 bits per heavy atom. The Morgan fingerprint density at radius 2 is 1.89 bits per heavy atom. The first kappa shape index (κ1) is 14.3. The van der Waals surface area contributed by atoms with Crippen LogP contribution in [0.4, 0.5) is 0 Å². The largest absolute Gasteiger partial charge is 0.329 e. The molecule has 2 heterocycles. The molecule has 1 unspecified atom stereocenters. The average Bonchev–Trinajstić information content (AvgIpc) is 2.47. The summed E-state index contributed by atoms with van der Waals surface area (Å²) in [7, 11) is 0. The quantitative estimate of drug-likeness (QED) is 0.831. The van der Waals surface area contributed by atoms with Gasteiger partial charge in [-0.05, 0) is 57.8 Å². The maximum atomic E-state index is 6.18. The molecule has 2 saturated heterocycles. The zero-order chi connectivity index (χ0) is 13.0. The summed E-state index contributed by atoms with van der Waals surface area (Å²) >= 11 is 0. The van der Waals surface area contributed by atoms with E-state index in [9.17, 15) is 0 Å². The van der Waals surface area contributed by atoms with Crippen LogP contribution in [0.2, 0.25) is 0 Å². The standard InChI is InChI=1S/C15H31N3/c1-3-14-6-5-9-18(12-14)15(13-16)7-10-17(4-2)11-8-15/h14H,3-13,16H2,1-2H3. The molecule has 0 aromatic heterocycles. The molecule has 2 fully saturated rings. The third kappa shape index (κ3) is 2.89. The fourth-order valence-electron chi connectivity index (χ4n) is 3.76. The van der Waals surface area contributed by atoms with Gasteiger partial charge in [0.15, 0.2) is 0 Å². The Labute approximate surface area is 113 Å². The molecule has 0 spiro atoms. The normalized spacial score (nSPS) is 30.5. The van der Waals surface area contributed by atoms with E-state index in [1.165, 1.54) is 64.8 Å². The second-order valence-electron chi connectivity index (χ2n) is 6.23. The summed E-state index contributed by atoms with van der Waals surface area (Å²) in [4.78, 5) is 5.31. The Balaban J connectivity index is 1.99. The van der Waals surface area contributed by atoms with E-state index < -0.39 is 0 Å². The molecule has 0 amide bonds. The first-order chi connectivity index (χ1) is 8.74. The van der Waals surface area contributed by atoms with E-state index >= 15 is 0 Å². The van der Waals surface area contributed by atoms with Crippen LogP contribution >= 0.6 is 0 Å². The molecule has 3 heteroatoms. The number of nitrogens with zero attached hydrogens (tertiary/aromatic N) is 2. The molecule has 0 aromatic carbocycles. The highest BCUT2D eigenvalue weighted by atomic mass is 15.2. The second kappa shape index (κ2) is 6.36. The van der Waals surface area contributed by atoms with Crippen LogP contribution < -0.4 is 5.73 Å². The van der Waals surface area contributed by atoms with Gasteiger partial charge >= 0.3 is 0 Å². The van der Waals surface area contributed by atoms with Crippen LogP contribution in [0, 0.1) is 5.92 Å². The van der Waals surface area contributed by atoms with E-state index in [0.717, 1.165) is 12.5 Å². The topological polar surface area (TPSA) is 32.5 Å². The molecule has 3 nitrogen and oxygen atoms in total. The number of likely N-dealkylation sites (tertiary alicyclic amines) is 2. The Kier molecular flexibility index (Phi) is 5.05. The Hall–Kier alpha value is -0.120. The third-order valence-electron chi connectivity index (χ3n) is 5.38. The monoisotopic (exact) mass is 253 g/mol. The number of rotatable bonds is 4. The zero-order valence-corrected chi connectivity index (χ0v) is 12.3. The van der Waals surface area contributed by atoms with Crippen molar-refractivity contribution in [1.29, 1.82) is 0 Å². The summed E-state index contributed by atoms with van der Waals surface area (Å²) in [6, 6.07) is 0. The van der Waals surface area contributed by atoms with Gasteiger partial charge in [-0.15, -0.1) is 0 Å². The van der Waals surface area contributed by atoms with Crippen molar-refractivity contribution in [3.05, 3.63) is 0 Å². The molecule has 1 atom stereocenters. The fourth-order valence-corrected chi connectivity index (χ4v) is 3.76. The molecule has 18 heavy (non-hydrogen) atoms. The number of nitrogens with two attached hydrogens (primary N) is 1. The van der Waals surface area contributed by atoms with Crippen LogP contribution in [0.15, 0.2) is 0 Å². The third-order valence-corrected chi connectivity index (χ3v) is 5.38. The fraction of sp³-hybridized carbons (Fsp3) is 1.00. The zero-order valence-electron chi connectivity index (χ0n) is 12.3. The molecule has 0 saturated carbocycles. The first-order valence-electron chi connectivity index (χ1n) is 7.91.